The Morgan fingerprint density at radius 3 is 2.53 bits per heavy atom. The first-order chi connectivity index (χ1) is 7.00. The maximum absolute atomic E-state index is 13.2. The highest BCUT2D eigenvalue weighted by Crippen LogP contribution is 2.17. The minimum absolute atomic E-state index is 0.155. The first kappa shape index (κ1) is 12.0. The van der Waals surface area contributed by atoms with Gasteiger partial charge in [0, 0.05) is 6.04 Å². The van der Waals surface area contributed by atoms with Gasteiger partial charge >= 0.3 is 0 Å². The normalized spacial score (nSPS) is 13.1. The highest BCUT2D eigenvalue weighted by Gasteiger charge is 2.07. The van der Waals surface area contributed by atoms with E-state index in [2.05, 4.69) is 19.2 Å². The standard InChI is InChI=1S/C12H19FN2/c1-8(2)7-15-9(3)10-4-5-12(14)11(13)6-10/h4-6,8-9,15H,7,14H2,1-3H3/t9-/m0/s1. The van der Waals surface area contributed by atoms with Crippen LogP contribution >= 0.6 is 0 Å². The summed E-state index contributed by atoms with van der Waals surface area (Å²) < 4.78 is 13.2. The number of nitrogen functional groups attached to an aromatic ring is 1. The molecule has 0 saturated carbocycles. The van der Waals surface area contributed by atoms with Gasteiger partial charge in [0.1, 0.15) is 5.82 Å². The Bertz CT molecular complexity index is 323. The number of benzene rings is 1. The summed E-state index contributed by atoms with van der Waals surface area (Å²) in [6.45, 7) is 7.23. The van der Waals surface area contributed by atoms with Crippen molar-refractivity contribution >= 4 is 5.69 Å². The molecule has 0 aliphatic carbocycles. The first-order valence-corrected chi connectivity index (χ1v) is 5.29. The van der Waals surface area contributed by atoms with Gasteiger partial charge in [-0.15, -0.1) is 0 Å². The van der Waals surface area contributed by atoms with Crippen LogP contribution in [-0.2, 0) is 0 Å². The summed E-state index contributed by atoms with van der Waals surface area (Å²) in [5, 5.41) is 3.34. The molecule has 3 N–H and O–H groups in total. The van der Waals surface area contributed by atoms with E-state index in [1.807, 2.05) is 13.0 Å². The lowest BCUT2D eigenvalue weighted by Crippen LogP contribution is -2.23. The fourth-order valence-electron chi connectivity index (χ4n) is 1.34. The minimum atomic E-state index is -0.342. The predicted molar refractivity (Wildman–Crippen MR) is 62.1 cm³/mol. The van der Waals surface area contributed by atoms with Gasteiger partial charge in [-0.25, -0.2) is 4.39 Å². The molecule has 84 valence electrons. The van der Waals surface area contributed by atoms with E-state index >= 15 is 0 Å². The van der Waals surface area contributed by atoms with Crippen molar-refractivity contribution in [2.45, 2.75) is 26.8 Å². The predicted octanol–water partition coefficient (Wildman–Crippen LogP) is 2.71. The number of anilines is 1. The second-order valence-corrected chi connectivity index (χ2v) is 4.30. The van der Waals surface area contributed by atoms with E-state index in [1.165, 1.54) is 6.07 Å². The topological polar surface area (TPSA) is 38.0 Å². The molecule has 0 spiro atoms. The molecule has 1 aromatic carbocycles. The Morgan fingerprint density at radius 1 is 1.33 bits per heavy atom. The maximum atomic E-state index is 13.2. The van der Waals surface area contributed by atoms with Crippen LogP contribution in [0.5, 0.6) is 0 Å². The lowest BCUT2D eigenvalue weighted by atomic mass is 10.1. The highest BCUT2D eigenvalue weighted by atomic mass is 19.1. The van der Waals surface area contributed by atoms with Gasteiger partial charge in [-0.05, 0) is 37.1 Å². The van der Waals surface area contributed by atoms with Crippen LogP contribution in [0.2, 0.25) is 0 Å². The van der Waals surface area contributed by atoms with Gasteiger partial charge in [-0.3, -0.25) is 0 Å². The molecule has 1 rings (SSSR count). The molecular formula is C12H19FN2. The molecular weight excluding hydrogens is 191 g/mol. The van der Waals surface area contributed by atoms with E-state index < -0.39 is 0 Å². The first-order valence-electron chi connectivity index (χ1n) is 5.29. The zero-order valence-corrected chi connectivity index (χ0v) is 9.55. The number of rotatable bonds is 4. The molecule has 0 heterocycles. The van der Waals surface area contributed by atoms with Gasteiger partial charge in [0.2, 0.25) is 0 Å². The summed E-state index contributed by atoms with van der Waals surface area (Å²) in [4.78, 5) is 0. The molecule has 3 heteroatoms. The second kappa shape index (κ2) is 5.12. The molecule has 0 saturated heterocycles. The monoisotopic (exact) mass is 210 g/mol. The number of nitrogens with two attached hydrogens (primary N) is 1. The Morgan fingerprint density at radius 2 is 2.00 bits per heavy atom. The SMILES string of the molecule is CC(C)CN[C@@H](C)c1ccc(N)c(F)c1. The van der Waals surface area contributed by atoms with E-state index in [0.717, 1.165) is 12.1 Å². The molecule has 0 aromatic heterocycles. The van der Waals surface area contributed by atoms with Crippen molar-refractivity contribution in [1.82, 2.24) is 5.32 Å². The van der Waals surface area contributed by atoms with Crippen LogP contribution in [0, 0.1) is 11.7 Å². The van der Waals surface area contributed by atoms with Crippen LogP contribution in [0.4, 0.5) is 10.1 Å². The zero-order chi connectivity index (χ0) is 11.4. The molecule has 0 unspecified atom stereocenters. The van der Waals surface area contributed by atoms with Crippen LogP contribution in [0.15, 0.2) is 18.2 Å². The Balaban J connectivity index is 2.65. The molecule has 1 atom stereocenters. The molecule has 0 radical (unpaired) electrons. The molecule has 15 heavy (non-hydrogen) atoms. The lowest BCUT2D eigenvalue weighted by Gasteiger charge is -2.16. The van der Waals surface area contributed by atoms with Crippen LogP contribution in [-0.4, -0.2) is 6.54 Å². The van der Waals surface area contributed by atoms with Crippen LogP contribution < -0.4 is 11.1 Å². The van der Waals surface area contributed by atoms with Crippen molar-refractivity contribution in [1.29, 1.82) is 0 Å². The Labute approximate surface area is 90.7 Å². The van der Waals surface area contributed by atoms with E-state index in [9.17, 15) is 4.39 Å². The van der Waals surface area contributed by atoms with E-state index in [0.29, 0.717) is 5.92 Å². The third-order valence-corrected chi connectivity index (χ3v) is 2.36. The maximum Gasteiger partial charge on any atom is 0.146 e. The van der Waals surface area contributed by atoms with E-state index in [1.54, 1.807) is 6.07 Å². The molecule has 0 aliphatic heterocycles. The number of hydrogen-bond donors (Lipinski definition) is 2. The molecule has 0 aliphatic rings. The Hall–Kier alpha value is -1.09. The van der Waals surface area contributed by atoms with Crippen LogP contribution in [0.3, 0.4) is 0 Å². The third kappa shape index (κ3) is 3.51. The quantitative estimate of drug-likeness (QED) is 0.750. The van der Waals surface area contributed by atoms with Crippen molar-refractivity contribution in [3.63, 3.8) is 0 Å². The van der Waals surface area contributed by atoms with Gasteiger partial charge in [-0.1, -0.05) is 19.9 Å². The summed E-state index contributed by atoms with van der Waals surface area (Å²) in [6.07, 6.45) is 0. The number of hydrogen-bond acceptors (Lipinski definition) is 2. The van der Waals surface area contributed by atoms with Crippen LogP contribution in [0.1, 0.15) is 32.4 Å². The van der Waals surface area contributed by atoms with Gasteiger partial charge in [0.05, 0.1) is 5.69 Å². The van der Waals surface area contributed by atoms with Crippen molar-refractivity contribution in [3.8, 4) is 0 Å². The largest absolute Gasteiger partial charge is 0.396 e. The third-order valence-electron chi connectivity index (χ3n) is 2.36. The summed E-state index contributed by atoms with van der Waals surface area (Å²) >= 11 is 0. The van der Waals surface area contributed by atoms with E-state index in [4.69, 9.17) is 5.73 Å². The average Bonchev–Trinajstić information content (AvgIpc) is 2.18. The van der Waals surface area contributed by atoms with Gasteiger partial charge < -0.3 is 11.1 Å². The highest BCUT2D eigenvalue weighted by molar-refractivity contribution is 5.41. The summed E-state index contributed by atoms with van der Waals surface area (Å²) in [7, 11) is 0. The smallest absolute Gasteiger partial charge is 0.146 e. The van der Waals surface area contributed by atoms with E-state index in [-0.39, 0.29) is 17.5 Å². The van der Waals surface area contributed by atoms with Gasteiger partial charge in [0.25, 0.3) is 0 Å². The molecule has 0 amide bonds. The summed E-state index contributed by atoms with van der Waals surface area (Å²) in [6, 6.07) is 5.12. The van der Waals surface area contributed by atoms with Crippen molar-refractivity contribution in [2.75, 3.05) is 12.3 Å². The van der Waals surface area contributed by atoms with Gasteiger partial charge in [0.15, 0.2) is 0 Å². The van der Waals surface area contributed by atoms with Crippen molar-refractivity contribution in [3.05, 3.63) is 29.6 Å². The second-order valence-electron chi connectivity index (χ2n) is 4.30. The molecule has 1 aromatic rings. The minimum Gasteiger partial charge on any atom is -0.396 e. The number of halogens is 1. The van der Waals surface area contributed by atoms with Crippen molar-refractivity contribution in [2.24, 2.45) is 5.92 Å². The molecule has 2 nitrogen and oxygen atoms in total. The average molecular weight is 210 g/mol. The van der Waals surface area contributed by atoms with Crippen molar-refractivity contribution < 1.29 is 4.39 Å². The summed E-state index contributed by atoms with van der Waals surface area (Å²) in [5.41, 5.74) is 6.55. The molecule has 0 fully saturated rings. The Kier molecular flexibility index (Phi) is 4.09. The fraction of sp³-hybridized carbons (Fsp3) is 0.500. The lowest BCUT2D eigenvalue weighted by molar-refractivity contribution is 0.494. The summed E-state index contributed by atoms with van der Waals surface area (Å²) in [5.74, 6) is 0.247. The fourth-order valence-corrected chi connectivity index (χ4v) is 1.34. The van der Waals surface area contributed by atoms with Crippen LogP contribution in [0.25, 0.3) is 0 Å². The zero-order valence-electron chi connectivity index (χ0n) is 9.55. The molecule has 0 bridgehead atoms. The number of nitrogens with one attached hydrogen (secondary N) is 1. The van der Waals surface area contributed by atoms with Gasteiger partial charge in [-0.2, -0.15) is 0 Å².